The molecule has 0 aromatic carbocycles. The van der Waals surface area contributed by atoms with Gasteiger partial charge in [-0.1, -0.05) is 6.07 Å². The molecule has 2 aromatic heterocycles. The molecule has 6 nitrogen and oxygen atoms in total. The molecule has 0 bridgehead atoms. The van der Waals surface area contributed by atoms with Crippen molar-refractivity contribution in [1.29, 1.82) is 0 Å². The lowest BCUT2D eigenvalue weighted by molar-refractivity contribution is -0.121. The van der Waals surface area contributed by atoms with Crippen molar-refractivity contribution in [2.24, 2.45) is 0 Å². The van der Waals surface area contributed by atoms with Gasteiger partial charge in [0.15, 0.2) is 0 Å². The van der Waals surface area contributed by atoms with Crippen molar-refractivity contribution in [1.82, 2.24) is 15.3 Å². The Morgan fingerprint density at radius 1 is 1.52 bits per heavy atom. The van der Waals surface area contributed by atoms with Gasteiger partial charge in [-0.15, -0.1) is 11.3 Å². The van der Waals surface area contributed by atoms with E-state index in [-0.39, 0.29) is 12.5 Å². The van der Waals surface area contributed by atoms with E-state index in [1.165, 1.54) is 6.33 Å². The minimum absolute atomic E-state index is 0.0581. The topological polar surface area (TPSA) is 78.4 Å². The van der Waals surface area contributed by atoms with Crippen LogP contribution < -0.4 is 10.2 Å². The van der Waals surface area contributed by atoms with Crippen molar-refractivity contribution in [2.75, 3.05) is 24.5 Å². The third kappa shape index (κ3) is 4.05. The van der Waals surface area contributed by atoms with Gasteiger partial charge in [0.05, 0.1) is 6.42 Å². The molecule has 0 aliphatic carbocycles. The molecular formula is C16H20N4O2S. The molecule has 23 heavy (non-hydrogen) atoms. The first-order valence-electron chi connectivity index (χ1n) is 7.59. The van der Waals surface area contributed by atoms with Crippen molar-refractivity contribution in [3.63, 3.8) is 0 Å². The number of β-amino-alcohol motifs (C(OH)–C–C–N with tert-alkyl or cyclic N) is 1. The van der Waals surface area contributed by atoms with Crippen molar-refractivity contribution in [2.45, 2.75) is 25.4 Å². The molecule has 1 aliphatic rings. The first kappa shape index (κ1) is 15.9. The second-order valence-electron chi connectivity index (χ2n) is 5.95. The minimum atomic E-state index is -0.913. The maximum absolute atomic E-state index is 12.0. The molecule has 2 aromatic rings. The fraction of sp³-hybridized carbons (Fsp3) is 0.438. The Balaban J connectivity index is 1.53. The number of anilines is 1. The van der Waals surface area contributed by atoms with Gasteiger partial charge in [-0.25, -0.2) is 9.97 Å². The van der Waals surface area contributed by atoms with Gasteiger partial charge in [-0.3, -0.25) is 4.79 Å². The van der Waals surface area contributed by atoms with Gasteiger partial charge in [0.25, 0.3) is 0 Å². The Labute approximate surface area is 139 Å². The molecule has 1 amide bonds. The van der Waals surface area contributed by atoms with Crippen LogP contribution >= 0.6 is 11.3 Å². The lowest BCUT2D eigenvalue weighted by Gasteiger charge is -2.24. The van der Waals surface area contributed by atoms with Gasteiger partial charge in [-0.2, -0.15) is 0 Å². The lowest BCUT2D eigenvalue weighted by atomic mass is 10.0. The number of aliphatic hydroxyl groups is 1. The molecule has 1 aliphatic heterocycles. The molecule has 2 N–H and O–H groups in total. The van der Waals surface area contributed by atoms with Crippen molar-refractivity contribution >= 4 is 23.1 Å². The zero-order chi connectivity index (χ0) is 16.3. The van der Waals surface area contributed by atoms with E-state index in [4.69, 9.17) is 0 Å². The zero-order valence-electron chi connectivity index (χ0n) is 13.0. The van der Waals surface area contributed by atoms with Gasteiger partial charge in [0.2, 0.25) is 5.91 Å². The standard InChI is InChI=1S/C16H20N4O2S/c1-12-7-14(19-11-18-12)20-5-4-16(22,10-20)9-17-15(21)8-13-3-2-6-23-13/h2-3,6-7,11,22H,4-5,8-10H2,1H3,(H,17,21)/t16-/m0/s1. The number of carbonyl (C=O) groups excluding carboxylic acids is 1. The summed E-state index contributed by atoms with van der Waals surface area (Å²) >= 11 is 1.56. The molecule has 3 heterocycles. The van der Waals surface area contributed by atoms with Gasteiger partial charge >= 0.3 is 0 Å². The highest BCUT2D eigenvalue weighted by Gasteiger charge is 2.37. The number of thiophene rings is 1. The van der Waals surface area contributed by atoms with E-state index in [1.54, 1.807) is 11.3 Å². The summed E-state index contributed by atoms with van der Waals surface area (Å²) in [5, 5.41) is 15.5. The van der Waals surface area contributed by atoms with E-state index in [1.807, 2.05) is 35.4 Å². The van der Waals surface area contributed by atoms with Crippen molar-refractivity contribution in [3.05, 3.63) is 40.5 Å². The van der Waals surface area contributed by atoms with Crippen LogP contribution in [0.2, 0.25) is 0 Å². The summed E-state index contributed by atoms with van der Waals surface area (Å²) in [6, 6.07) is 5.77. The summed E-state index contributed by atoms with van der Waals surface area (Å²) in [7, 11) is 0. The Kier molecular flexibility index (Phi) is 4.58. The van der Waals surface area contributed by atoms with Crippen LogP contribution in [0, 0.1) is 6.92 Å². The quantitative estimate of drug-likeness (QED) is 0.859. The third-order valence-corrected chi connectivity index (χ3v) is 4.85. The summed E-state index contributed by atoms with van der Waals surface area (Å²) in [5.74, 6) is 0.760. The van der Waals surface area contributed by atoms with E-state index in [9.17, 15) is 9.90 Å². The van der Waals surface area contributed by atoms with Gasteiger partial charge < -0.3 is 15.3 Å². The van der Waals surface area contributed by atoms with Crippen LogP contribution in [0.1, 0.15) is 17.0 Å². The summed E-state index contributed by atoms with van der Waals surface area (Å²) in [6.45, 7) is 3.35. The molecule has 1 fully saturated rings. The van der Waals surface area contributed by atoms with Gasteiger partial charge in [0.1, 0.15) is 17.7 Å². The highest BCUT2D eigenvalue weighted by molar-refractivity contribution is 7.10. The van der Waals surface area contributed by atoms with Gasteiger partial charge in [0, 0.05) is 36.3 Å². The van der Waals surface area contributed by atoms with Crippen molar-refractivity contribution in [3.8, 4) is 0 Å². The zero-order valence-corrected chi connectivity index (χ0v) is 13.8. The Bertz CT molecular complexity index is 676. The van der Waals surface area contributed by atoms with Crippen LogP contribution in [0.4, 0.5) is 5.82 Å². The predicted octanol–water partition coefficient (Wildman–Crippen LogP) is 1.15. The summed E-state index contributed by atoms with van der Waals surface area (Å²) in [6.07, 6.45) is 2.50. The molecule has 0 radical (unpaired) electrons. The fourth-order valence-corrected chi connectivity index (χ4v) is 3.41. The smallest absolute Gasteiger partial charge is 0.225 e. The first-order valence-corrected chi connectivity index (χ1v) is 8.47. The largest absolute Gasteiger partial charge is 0.386 e. The Morgan fingerprint density at radius 3 is 3.13 bits per heavy atom. The van der Waals surface area contributed by atoms with E-state index < -0.39 is 5.60 Å². The normalized spacial score (nSPS) is 20.7. The average molecular weight is 332 g/mol. The highest BCUT2D eigenvalue weighted by Crippen LogP contribution is 2.25. The SMILES string of the molecule is Cc1cc(N2CC[C@](O)(CNC(=O)Cc3cccs3)C2)ncn1. The number of hydrogen-bond acceptors (Lipinski definition) is 6. The average Bonchev–Trinajstić information content (AvgIpc) is 3.16. The summed E-state index contributed by atoms with van der Waals surface area (Å²) < 4.78 is 0. The second-order valence-corrected chi connectivity index (χ2v) is 6.98. The maximum atomic E-state index is 12.0. The molecule has 7 heteroatoms. The second kappa shape index (κ2) is 6.64. The molecule has 1 saturated heterocycles. The van der Waals surface area contributed by atoms with Crippen LogP contribution in [0.25, 0.3) is 0 Å². The number of rotatable bonds is 5. The summed E-state index contributed by atoms with van der Waals surface area (Å²) in [4.78, 5) is 23.3. The van der Waals surface area contributed by atoms with Crippen LogP contribution in [0.15, 0.2) is 29.9 Å². The van der Waals surface area contributed by atoms with Crippen LogP contribution in [-0.2, 0) is 11.2 Å². The maximum Gasteiger partial charge on any atom is 0.225 e. The monoisotopic (exact) mass is 332 g/mol. The van der Waals surface area contributed by atoms with E-state index in [0.29, 0.717) is 25.9 Å². The van der Waals surface area contributed by atoms with Crippen LogP contribution in [-0.4, -0.2) is 46.2 Å². The third-order valence-electron chi connectivity index (χ3n) is 3.98. The molecule has 3 rings (SSSR count). The first-order chi connectivity index (χ1) is 11.0. The number of amides is 1. The molecule has 122 valence electrons. The lowest BCUT2D eigenvalue weighted by Crippen LogP contribution is -2.45. The summed E-state index contributed by atoms with van der Waals surface area (Å²) in [5.41, 5.74) is -0.0149. The Morgan fingerprint density at radius 2 is 2.39 bits per heavy atom. The minimum Gasteiger partial charge on any atom is -0.386 e. The number of carbonyl (C=O) groups is 1. The molecular weight excluding hydrogens is 312 g/mol. The van der Waals surface area contributed by atoms with Crippen molar-refractivity contribution < 1.29 is 9.90 Å². The number of hydrogen-bond donors (Lipinski definition) is 2. The van der Waals surface area contributed by atoms with Crippen LogP contribution in [0.5, 0.6) is 0 Å². The number of aryl methyl sites for hydroxylation is 1. The predicted molar refractivity (Wildman–Crippen MR) is 89.6 cm³/mol. The molecule has 0 saturated carbocycles. The molecule has 1 atom stereocenters. The highest BCUT2D eigenvalue weighted by atomic mass is 32.1. The number of aromatic nitrogens is 2. The number of nitrogens with zero attached hydrogens (tertiary/aromatic N) is 3. The molecule has 0 spiro atoms. The van der Waals surface area contributed by atoms with E-state index >= 15 is 0 Å². The van der Waals surface area contributed by atoms with E-state index in [2.05, 4.69) is 15.3 Å². The fourth-order valence-electron chi connectivity index (χ4n) is 2.71. The van der Waals surface area contributed by atoms with E-state index in [0.717, 1.165) is 16.4 Å². The number of nitrogens with one attached hydrogen (secondary N) is 1. The molecule has 0 unspecified atom stereocenters. The Hall–Kier alpha value is -1.99. The van der Waals surface area contributed by atoms with Crippen LogP contribution in [0.3, 0.4) is 0 Å². The van der Waals surface area contributed by atoms with Gasteiger partial charge in [-0.05, 0) is 24.8 Å².